The van der Waals surface area contributed by atoms with Gasteiger partial charge in [-0.1, -0.05) is 20.3 Å². The lowest BCUT2D eigenvalue weighted by Gasteiger charge is -2.09. The Labute approximate surface area is 81.6 Å². The van der Waals surface area contributed by atoms with Crippen molar-refractivity contribution in [3.63, 3.8) is 0 Å². The van der Waals surface area contributed by atoms with Crippen LogP contribution >= 0.6 is 0 Å². The molecule has 0 aromatic carbocycles. The minimum Gasteiger partial charge on any atom is -0.379 e. The third-order valence-corrected chi connectivity index (χ3v) is 1.82. The molecule has 0 rings (SSSR count). The fraction of sp³-hybridized carbons (Fsp3) is 1.00. The summed E-state index contributed by atoms with van der Waals surface area (Å²) in [4.78, 5) is 0. The third-order valence-electron chi connectivity index (χ3n) is 1.82. The number of hydrogen-bond donors (Lipinski definition) is 1. The first-order valence-electron chi connectivity index (χ1n) is 5.16. The summed E-state index contributed by atoms with van der Waals surface area (Å²) in [5.74, 6) is 0.454. The van der Waals surface area contributed by atoms with Gasteiger partial charge in [-0.15, -0.1) is 0 Å². The molecule has 0 aromatic heterocycles. The van der Waals surface area contributed by atoms with Crippen molar-refractivity contribution in [1.29, 1.82) is 0 Å². The van der Waals surface area contributed by atoms with Gasteiger partial charge in [-0.3, -0.25) is 0 Å². The van der Waals surface area contributed by atoms with Crippen LogP contribution in [0.25, 0.3) is 0 Å². The van der Waals surface area contributed by atoms with Gasteiger partial charge in [-0.2, -0.15) is 0 Å². The van der Waals surface area contributed by atoms with Gasteiger partial charge in [0.25, 0.3) is 0 Å². The minimum atomic E-state index is 0.454. The van der Waals surface area contributed by atoms with Crippen LogP contribution in [0.15, 0.2) is 0 Å². The molecule has 0 fully saturated rings. The van der Waals surface area contributed by atoms with Crippen molar-refractivity contribution in [3.05, 3.63) is 0 Å². The molecular weight excluding hydrogens is 166 g/mol. The van der Waals surface area contributed by atoms with Gasteiger partial charge < -0.3 is 15.2 Å². The highest BCUT2D eigenvalue weighted by atomic mass is 16.5. The summed E-state index contributed by atoms with van der Waals surface area (Å²) < 4.78 is 10.7. The SMILES string of the molecule is CCCCOCCOCC(C)CN. The Morgan fingerprint density at radius 2 is 1.85 bits per heavy atom. The molecule has 0 aliphatic carbocycles. The highest BCUT2D eigenvalue weighted by Crippen LogP contribution is 1.92. The molecule has 0 spiro atoms. The molecule has 1 unspecified atom stereocenters. The lowest BCUT2D eigenvalue weighted by Crippen LogP contribution is -2.18. The molecule has 0 aliphatic heterocycles. The molecule has 0 heterocycles. The summed E-state index contributed by atoms with van der Waals surface area (Å²) in [5.41, 5.74) is 5.44. The van der Waals surface area contributed by atoms with Gasteiger partial charge >= 0.3 is 0 Å². The van der Waals surface area contributed by atoms with Crippen molar-refractivity contribution in [1.82, 2.24) is 0 Å². The topological polar surface area (TPSA) is 44.5 Å². The van der Waals surface area contributed by atoms with Crippen molar-refractivity contribution >= 4 is 0 Å². The second kappa shape index (κ2) is 9.96. The minimum absolute atomic E-state index is 0.454. The van der Waals surface area contributed by atoms with Gasteiger partial charge in [-0.25, -0.2) is 0 Å². The number of ether oxygens (including phenoxy) is 2. The van der Waals surface area contributed by atoms with Crippen LogP contribution in [0.4, 0.5) is 0 Å². The molecule has 0 radical (unpaired) electrons. The molecule has 0 saturated carbocycles. The number of hydrogen-bond acceptors (Lipinski definition) is 3. The monoisotopic (exact) mass is 189 g/mol. The van der Waals surface area contributed by atoms with Crippen LogP contribution in [0.2, 0.25) is 0 Å². The van der Waals surface area contributed by atoms with E-state index in [1.807, 2.05) is 0 Å². The molecule has 0 amide bonds. The van der Waals surface area contributed by atoms with Crippen LogP contribution in [0.3, 0.4) is 0 Å². The van der Waals surface area contributed by atoms with Gasteiger partial charge in [0.05, 0.1) is 19.8 Å². The van der Waals surface area contributed by atoms with Gasteiger partial charge in [0.2, 0.25) is 0 Å². The van der Waals surface area contributed by atoms with E-state index in [0.717, 1.165) is 19.6 Å². The fourth-order valence-corrected chi connectivity index (χ4v) is 0.819. The van der Waals surface area contributed by atoms with Crippen molar-refractivity contribution in [2.75, 3.05) is 33.0 Å². The van der Waals surface area contributed by atoms with E-state index in [0.29, 0.717) is 25.7 Å². The first kappa shape index (κ1) is 12.9. The third kappa shape index (κ3) is 9.80. The maximum atomic E-state index is 5.44. The first-order valence-corrected chi connectivity index (χ1v) is 5.16. The Bertz CT molecular complexity index is 98.9. The van der Waals surface area contributed by atoms with Crippen LogP contribution in [-0.4, -0.2) is 33.0 Å². The van der Waals surface area contributed by atoms with E-state index in [4.69, 9.17) is 15.2 Å². The first-order chi connectivity index (χ1) is 6.31. The molecular formula is C10H23NO2. The van der Waals surface area contributed by atoms with Gasteiger partial charge in [-0.05, 0) is 18.9 Å². The predicted octanol–water partition coefficient (Wildman–Crippen LogP) is 1.41. The standard InChI is InChI=1S/C10H23NO2/c1-3-4-5-12-6-7-13-9-10(2)8-11/h10H,3-9,11H2,1-2H3. The van der Waals surface area contributed by atoms with Crippen LogP contribution in [0.1, 0.15) is 26.7 Å². The largest absolute Gasteiger partial charge is 0.379 e. The summed E-state index contributed by atoms with van der Waals surface area (Å²) in [6.45, 7) is 7.92. The van der Waals surface area contributed by atoms with Crippen LogP contribution < -0.4 is 5.73 Å². The number of nitrogens with two attached hydrogens (primary N) is 1. The second-order valence-electron chi connectivity index (χ2n) is 3.38. The molecule has 80 valence electrons. The zero-order valence-corrected chi connectivity index (χ0v) is 8.92. The Morgan fingerprint density at radius 3 is 2.46 bits per heavy atom. The molecule has 3 heteroatoms. The second-order valence-corrected chi connectivity index (χ2v) is 3.38. The predicted molar refractivity (Wildman–Crippen MR) is 54.8 cm³/mol. The maximum Gasteiger partial charge on any atom is 0.0700 e. The van der Waals surface area contributed by atoms with E-state index in [1.165, 1.54) is 6.42 Å². The summed E-state index contributed by atoms with van der Waals surface area (Å²) in [6.07, 6.45) is 2.32. The fourth-order valence-electron chi connectivity index (χ4n) is 0.819. The molecule has 0 saturated heterocycles. The van der Waals surface area contributed by atoms with Crippen LogP contribution in [-0.2, 0) is 9.47 Å². The van der Waals surface area contributed by atoms with Crippen LogP contribution in [0, 0.1) is 5.92 Å². The highest BCUT2D eigenvalue weighted by Gasteiger charge is 1.97. The Hall–Kier alpha value is -0.120. The van der Waals surface area contributed by atoms with Crippen molar-refractivity contribution in [2.24, 2.45) is 11.7 Å². The van der Waals surface area contributed by atoms with Crippen molar-refractivity contribution in [3.8, 4) is 0 Å². The van der Waals surface area contributed by atoms with E-state index in [-0.39, 0.29) is 0 Å². The van der Waals surface area contributed by atoms with E-state index in [2.05, 4.69) is 13.8 Å². The lowest BCUT2D eigenvalue weighted by atomic mass is 10.2. The van der Waals surface area contributed by atoms with Crippen LogP contribution in [0.5, 0.6) is 0 Å². The number of unbranched alkanes of at least 4 members (excludes halogenated alkanes) is 1. The summed E-state index contributed by atoms with van der Waals surface area (Å²) in [6, 6.07) is 0. The van der Waals surface area contributed by atoms with Gasteiger partial charge in [0.1, 0.15) is 0 Å². The molecule has 3 nitrogen and oxygen atoms in total. The molecule has 1 atom stereocenters. The molecule has 13 heavy (non-hydrogen) atoms. The zero-order valence-electron chi connectivity index (χ0n) is 8.92. The van der Waals surface area contributed by atoms with Gasteiger partial charge in [0, 0.05) is 6.61 Å². The highest BCUT2D eigenvalue weighted by molar-refractivity contribution is 4.49. The molecule has 0 aromatic rings. The van der Waals surface area contributed by atoms with Crippen molar-refractivity contribution in [2.45, 2.75) is 26.7 Å². The normalized spacial score (nSPS) is 13.2. The van der Waals surface area contributed by atoms with E-state index >= 15 is 0 Å². The van der Waals surface area contributed by atoms with E-state index < -0.39 is 0 Å². The average molecular weight is 189 g/mol. The Kier molecular flexibility index (Phi) is 9.87. The van der Waals surface area contributed by atoms with E-state index in [1.54, 1.807) is 0 Å². The average Bonchev–Trinajstić information content (AvgIpc) is 2.16. The van der Waals surface area contributed by atoms with Gasteiger partial charge in [0.15, 0.2) is 0 Å². The smallest absolute Gasteiger partial charge is 0.0700 e. The molecule has 0 bridgehead atoms. The molecule has 0 aliphatic rings. The van der Waals surface area contributed by atoms with Crippen molar-refractivity contribution < 1.29 is 9.47 Å². The zero-order chi connectivity index (χ0) is 9.94. The molecule has 2 N–H and O–H groups in total. The number of rotatable bonds is 9. The Balaban J connectivity index is 2.91. The summed E-state index contributed by atoms with van der Waals surface area (Å²) in [5, 5.41) is 0. The lowest BCUT2D eigenvalue weighted by molar-refractivity contribution is 0.0358. The Morgan fingerprint density at radius 1 is 1.15 bits per heavy atom. The summed E-state index contributed by atoms with van der Waals surface area (Å²) in [7, 11) is 0. The quantitative estimate of drug-likeness (QED) is 0.558. The van der Waals surface area contributed by atoms with E-state index in [9.17, 15) is 0 Å². The summed E-state index contributed by atoms with van der Waals surface area (Å²) >= 11 is 0. The maximum absolute atomic E-state index is 5.44.